The largest absolute Gasteiger partial charge is 0.321 e. The quantitative estimate of drug-likeness (QED) is 0.702. The first-order valence-corrected chi connectivity index (χ1v) is 8.71. The molecule has 3 rings (SSSR count). The second-order valence-corrected chi connectivity index (χ2v) is 6.71. The summed E-state index contributed by atoms with van der Waals surface area (Å²) in [6.45, 7) is 2.39. The van der Waals surface area contributed by atoms with Crippen LogP contribution in [0, 0.1) is 6.92 Å². The maximum Gasteiger partial charge on any atom is 0.257 e. The van der Waals surface area contributed by atoms with E-state index in [0.717, 1.165) is 11.1 Å². The second kappa shape index (κ2) is 7.77. The van der Waals surface area contributed by atoms with Gasteiger partial charge in [0.25, 0.3) is 11.5 Å². The Morgan fingerprint density at radius 2 is 1.77 bits per heavy atom. The number of amides is 1. The van der Waals surface area contributed by atoms with Gasteiger partial charge in [0, 0.05) is 12.3 Å². The van der Waals surface area contributed by atoms with Crippen molar-refractivity contribution in [3.8, 4) is 0 Å². The number of hydrogen-bond acceptors (Lipinski definition) is 2. The molecule has 0 fully saturated rings. The Balaban J connectivity index is 1.84. The highest BCUT2D eigenvalue weighted by molar-refractivity contribution is 6.44. The van der Waals surface area contributed by atoms with Crippen LogP contribution in [0.3, 0.4) is 0 Å². The third-order valence-corrected chi connectivity index (χ3v) is 4.74. The van der Waals surface area contributed by atoms with E-state index in [9.17, 15) is 9.59 Å². The molecule has 26 heavy (non-hydrogen) atoms. The van der Waals surface area contributed by atoms with Gasteiger partial charge in [0.1, 0.15) is 0 Å². The minimum atomic E-state index is -0.369. The Bertz CT molecular complexity index is 1010. The molecule has 6 heteroatoms. The maximum atomic E-state index is 12.5. The highest BCUT2D eigenvalue weighted by Gasteiger charge is 2.11. The summed E-state index contributed by atoms with van der Waals surface area (Å²) < 4.78 is 1.50. The van der Waals surface area contributed by atoms with E-state index >= 15 is 0 Å². The van der Waals surface area contributed by atoms with E-state index in [1.165, 1.54) is 22.9 Å². The van der Waals surface area contributed by atoms with Crippen molar-refractivity contribution in [3.05, 3.63) is 97.9 Å². The van der Waals surface area contributed by atoms with Crippen molar-refractivity contribution >= 4 is 34.8 Å². The molecule has 1 N–H and O–H groups in total. The molecular weight excluding hydrogens is 371 g/mol. The molecule has 0 aliphatic carbocycles. The van der Waals surface area contributed by atoms with Crippen LogP contribution in [0.15, 0.2) is 65.6 Å². The van der Waals surface area contributed by atoms with E-state index in [1.54, 1.807) is 18.2 Å². The van der Waals surface area contributed by atoms with Crippen LogP contribution in [0.5, 0.6) is 0 Å². The number of halogens is 2. The molecular formula is C20H16Cl2N2O2. The molecule has 0 aliphatic heterocycles. The van der Waals surface area contributed by atoms with Gasteiger partial charge in [0.05, 0.1) is 27.8 Å². The number of nitrogens with one attached hydrogen (secondary N) is 1. The van der Waals surface area contributed by atoms with E-state index in [2.05, 4.69) is 5.32 Å². The summed E-state index contributed by atoms with van der Waals surface area (Å²) in [5, 5.41) is 3.34. The van der Waals surface area contributed by atoms with Crippen LogP contribution in [0.25, 0.3) is 0 Å². The SMILES string of the molecule is Cc1ccc(Cn2cc(C(=O)Nc3cccc(Cl)c3Cl)ccc2=O)cc1. The molecule has 0 saturated carbocycles. The number of hydrogen-bond donors (Lipinski definition) is 1. The van der Waals surface area contributed by atoms with Crippen molar-refractivity contribution < 1.29 is 4.79 Å². The normalized spacial score (nSPS) is 10.6. The van der Waals surface area contributed by atoms with Crippen LogP contribution < -0.4 is 10.9 Å². The number of aromatic nitrogens is 1. The summed E-state index contributed by atoms with van der Waals surface area (Å²) in [7, 11) is 0. The van der Waals surface area contributed by atoms with Gasteiger partial charge >= 0.3 is 0 Å². The van der Waals surface area contributed by atoms with Crippen LogP contribution in [0.4, 0.5) is 5.69 Å². The van der Waals surface area contributed by atoms with Crippen molar-refractivity contribution in [1.82, 2.24) is 4.57 Å². The number of pyridine rings is 1. The first-order valence-electron chi connectivity index (χ1n) is 7.95. The van der Waals surface area contributed by atoms with Gasteiger partial charge in [0.2, 0.25) is 0 Å². The number of rotatable bonds is 4. The van der Waals surface area contributed by atoms with E-state index in [4.69, 9.17) is 23.2 Å². The zero-order valence-corrected chi connectivity index (χ0v) is 15.5. The molecule has 0 bridgehead atoms. The average molecular weight is 387 g/mol. The van der Waals surface area contributed by atoms with Crippen LogP contribution >= 0.6 is 23.2 Å². The van der Waals surface area contributed by atoms with E-state index in [1.807, 2.05) is 31.2 Å². The third-order valence-electron chi connectivity index (χ3n) is 3.92. The smallest absolute Gasteiger partial charge is 0.257 e. The minimum Gasteiger partial charge on any atom is -0.321 e. The highest BCUT2D eigenvalue weighted by atomic mass is 35.5. The molecule has 4 nitrogen and oxygen atoms in total. The van der Waals surface area contributed by atoms with Crippen molar-refractivity contribution in [2.75, 3.05) is 5.32 Å². The molecule has 0 spiro atoms. The summed E-state index contributed by atoms with van der Waals surface area (Å²) in [4.78, 5) is 24.6. The van der Waals surface area contributed by atoms with Gasteiger partial charge in [0.15, 0.2) is 0 Å². The Morgan fingerprint density at radius 1 is 1.04 bits per heavy atom. The molecule has 132 valence electrons. The first-order chi connectivity index (χ1) is 12.4. The number of carbonyl (C=O) groups excluding carboxylic acids is 1. The minimum absolute atomic E-state index is 0.178. The van der Waals surface area contributed by atoms with Gasteiger partial charge in [-0.25, -0.2) is 0 Å². The maximum absolute atomic E-state index is 12.5. The highest BCUT2D eigenvalue weighted by Crippen LogP contribution is 2.29. The number of carbonyl (C=O) groups is 1. The fraction of sp³-hybridized carbons (Fsp3) is 0.100. The van der Waals surface area contributed by atoms with Gasteiger partial charge in [-0.1, -0.05) is 59.1 Å². The summed E-state index contributed by atoms with van der Waals surface area (Å²) in [5.74, 6) is -0.369. The summed E-state index contributed by atoms with van der Waals surface area (Å²) in [6, 6.07) is 15.7. The Kier molecular flexibility index (Phi) is 5.45. The van der Waals surface area contributed by atoms with Gasteiger partial charge in [-0.15, -0.1) is 0 Å². The molecule has 0 aliphatic rings. The van der Waals surface area contributed by atoms with Crippen LogP contribution in [0.2, 0.25) is 10.0 Å². The summed E-state index contributed by atoms with van der Waals surface area (Å²) >= 11 is 12.1. The van der Waals surface area contributed by atoms with Gasteiger partial charge in [-0.2, -0.15) is 0 Å². The summed E-state index contributed by atoms with van der Waals surface area (Å²) in [6.07, 6.45) is 1.54. The molecule has 2 aromatic carbocycles. The molecule has 1 aromatic heterocycles. The van der Waals surface area contributed by atoms with Crippen molar-refractivity contribution in [3.63, 3.8) is 0 Å². The van der Waals surface area contributed by atoms with Gasteiger partial charge in [-0.05, 0) is 30.7 Å². The third kappa shape index (κ3) is 4.15. The zero-order valence-electron chi connectivity index (χ0n) is 14.0. The lowest BCUT2D eigenvalue weighted by atomic mass is 10.1. The van der Waals surface area contributed by atoms with Crippen molar-refractivity contribution in [2.45, 2.75) is 13.5 Å². The fourth-order valence-electron chi connectivity index (χ4n) is 2.47. The second-order valence-electron chi connectivity index (χ2n) is 5.93. The Labute approximate surface area is 161 Å². The first kappa shape index (κ1) is 18.2. The zero-order chi connectivity index (χ0) is 18.7. The van der Waals surface area contributed by atoms with E-state index in [0.29, 0.717) is 22.8 Å². The van der Waals surface area contributed by atoms with E-state index in [-0.39, 0.29) is 16.5 Å². The molecule has 0 radical (unpaired) electrons. The van der Waals surface area contributed by atoms with Gasteiger partial charge in [-0.3, -0.25) is 9.59 Å². The fourth-order valence-corrected chi connectivity index (χ4v) is 2.82. The van der Waals surface area contributed by atoms with Crippen LogP contribution in [-0.2, 0) is 6.54 Å². The Hall–Kier alpha value is -2.56. The lowest BCUT2D eigenvalue weighted by Gasteiger charge is -2.11. The molecule has 1 amide bonds. The van der Waals surface area contributed by atoms with Crippen LogP contribution in [0.1, 0.15) is 21.5 Å². The molecule has 0 unspecified atom stereocenters. The molecule has 0 atom stereocenters. The Morgan fingerprint density at radius 3 is 2.50 bits per heavy atom. The number of aryl methyl sites for hydroxylation is 1. The predicted molar refractivity (Wildman–Crippen MR) is 105 cm³/mol. The van der Waals surface area contributed by atoms with Crippen LogP contribution in [-0.4, -0.2) is 10.5 Å². The predicted octanol–water partition coefficient (Wildman–Crippen LogP) is 4.76. The molecule has 3 aromatic rings. The standard InChI is InChI=1S/C20H16Cl2N2O2/c1-13-5-7-14(8-6-13)11-24-12-15(9-10-18(24)25)20(26)23-17-4-2-3-16(21)19(17)22/h2-10,12H,11H2,1H3,(H,23,26). The number of benzene rings is 2. The van der Waals surface area contributed by atoms with Gasteiger partial charge < -0.3 is 9.88 Å². The van der Waals surface area contributed by atoms with Crippen molar-refractivity contribution in [1.29, 1.82) is 0 Å². The number of nitrogens with zero attached hydrogens (tertiary/aromatic N) is 1. The monoisotopic (exact) mass is 386 g/mol. The average Bonchev–Trinajstić information content (AvgIpc) is 2.62. The molecule has 0 saturated heterocycles. The lowest BCUT2D eigenvalue weighted by Crippen LogP contribution is -2.22. The number of anilines is 1. The lowest BCUT2D eigenvalue weighted by molar-refractivity contribution is 0.102. The topological polar surface area (TPSA) is 51.1 Å². The van der Waals surface area contributed by atoms with E-state index < -0.39 is 0 Å². The summed E-state index contributed by atoms with van der Waals surface area (Å²) in [5.41, 5.74) is 2.72. The molecule has 1 heterocycles. The van der Waals surface area contributed by atoms with Crippen molar-refractivity contribution in [2.24, 2.45) is 0 Å².